The first-order valence-electron chi connectivity index (χ1n) is 7.35. The molecule has 118 valence electrons. The number of aromatic nitrogens is 2. The minimum Gasteiger partial charge on any atom is -0.398 e. The van der Waals surface area contributed by atoms with Crippen molar-refractivity contribution in [3.63, 3.8) is 0 Å². The standard InChI is InChI=1S/C16H17BBrN3O2/c1-15(2)16(3,4)23-17(22-15)13-10-21(14(18)20-13)12-8-6-5-7-11(12)9-19/h5-8,10H,1-4H3. The molecule has 0 atom stereocenters. The molecule has 0 unspecified atom stereocenters. The van der Waals surface area contributed by atoms with Crippen molar-refractivity contribution in [1.29, 1.82) is 5.26 Å². The Kier molecular flexibility index (Phi) is 3.87. The summed E-state index contributed by atoms with van der Waals surface area (Å²) < 4.78 is 14.5. The normalized spacial score (nSPS) is 18.9. The van der Waals surface area contributed by atoms with E-state index in [2.05, 4.69) is 27.0 Å². The molecule has 1 saturated heterocycles. The van der Waals surface area contributed by atoms with Crippen LogP contribution in [0.1, 0.15) is 33.3 Å². The van der Waals surface area contributed by atoms with Crippen LogP contribution in [0.3, 0.4) is 0 Å². The van der Waals surface area contributed by atoms with Gasteiger partial charge in [0.25, 0.3) is 0 Å². The Morgan fingerprint density at radius 3 is 2.39 bits per heavy atom. The summed E-state index contributed by atoms with van der Waals surface area (Å²) in [7, 11) is -0.535. The molecule has 0 amide bonds. The van der Waals surface area contributed by atoms with Crippen LogP contribution in [0.4, 0.5) is 0 Å². The highest BCUT2D eigenvalue weighted by atomic mass is 79.9. The first-order valence-corrected chi connectivity index (χ1v) is 8.14. The number of imidazole rings is 1. The van der Waals surface area contributed by atoms with E-state index < -0.39 is 18.3 Å². The van der Waals surface area contributed by atoms with Crippen LogP contribution in [0, 0.1) is 11.3 Å². The molecule has 5 nitrogen and oxygen atoms in total. The fourth-order valence-corrected chi connectivity index (χ4v) is 2.90. The SMILES string of the molecule is CC1(C)OB(c2cn(-c3ccccc3C#N)c(Br)n2)OC1(C)C. The zero-order valence-corrected chi connectivity index (χ0v) is 15.1. The molecular weight excluding hydrogens is 357 g/mol. The first-order chi connectivity index (χ1) is 10.7. The summed E-state index contributed by atoms with van der Waals surface area (Å²) in [4.78, 5) is 4.50. The van der Waals surface area contributed by atoms with Crippen molar-refractivity contribution in [3.8, 4) is 11.8 Å². The van der Waals surface area contributed by atoms with Crippen LogP contribution in [0.15, 0.2) is 35.2 Å². The topological polar surface area (TPSA) is 60.1 Å². The van der Waals surface area contributed by atoms with Gasteiger partial charge in [-0.3, -0.25) is 4.57 Å². The van der Waals surface area contributed by atoms with E-state index in [-0.39, 0.29) is 0 Å². The summed E-state index contributed by atoms with van der Waals surface area (Å²) in [6.07, 6.45) is 1.84. The van der Waals surface area contributed by atoms with Gasteiger partial charge in [-0.15, -0.1) is 0 Å². The Hall–Kier alpha value is -1.62. The quantitative estimate of drug-likeness (QED) is 0.759. The Morgan fingerprint density at radius 2 is 1.78 bits per heavy atom. The molecule has 2 heterocycles. The molecule has 3 rings (SSSR count). The number of halogens is 1. The second kappa shape index (κ2) is 5.48. The number of nitriles is 1. The largest absolute Gasteiger partial charge is 0.516 e. The molecule has 0 radical (unpaired) electrons. The molecule has 1 aliphatic heterocycles. The van der Waals surface area contributed by atoms with Crippen molar-refractivity contribution in [2.24, 2.45) is 0 Å². The van der Waals surface area contributed by atoms with Gasteiger partial charge in [-0.05, 0) is 55.8 Å². The zero-order valence-electron chi connectivity index (χ0n) is 13.5. The third kappa shape index (κ3) is 2.71. The highest BCUT2D eigenvalue weighted by Crippen LogP contribution is 2.36. The lowest BCUT2D eigenvalue weighted by molar-refractivity contribution is 0.00578. The summed E-state index contributed by atoms with van der Waals surface area (Å²) in [6, 6.07) is 9.56. The molecule has 1 aromatic carbocycles. The van der Waals surface area contributed by atoms with E-state index in [1.54, 1.807) is 6.07 Å². The van der Waals surface area contributed by atoms with E-state index in [0.717, 1.165) is 5.69 Å². The van der Waals surface area contributed by atoms with Gasteiger partial charge in [0, 0.05) is 6.20 Å². The number of rotatable bonds is 2. The lowest BCUT2D eigenvalue weighted by atomic mass is 9.86. The van der Waals surface area contributed by atoms with Gasteiger partial charge in [0.1, 0.15) is 6.07 Å². The molecule has 0 spiro atoms. The molecule has 0 bridgehead atoms. The van der Waals surface area contributed by atoms with Crippen molar-refractivity contribution in [3.05, 3.63) is 40.8 Å². The van der Waals surface area contributed by atoms with Crippen LogP contribution in [0.2, 0.25) is 0 Å². The van der Waals surface area contributed by atoms with Crippen molar-refractivity contribution >= 4 is 28.6 Å². The first kappa shape index (κ1) is 16.3. The van der Waals surface area contributed by atoms with E-state index in [0.29, 0.717) is 15.9 Å². The van der Waals surface area contributed by atoms with Gasteiger partial charge in [-0.25, -0.2) is 4.98 Å². The smallest absolute Gasteiger partial charge is 0.398 e. The second-order valence-electron chi connectivity index (χ2n) is 6.52. The Bertz CT molecular complexity index is 779. The molecule has 7 heteroatoms. The van der Waals surface area contributed by atoms with Gasteiger partial charge < -0.3 is 9.31 Å². The highest BCUT2D eigenvalue weighted by molar-refractivity contribution is 9.10. The van der Waals surface area contributed by atoms with Gasteiger partial charge in [0.2, 0.25) is 0 Å². The van der Waals surface area contributed by atoms with Gasteiger partial charge in [-0.1, -0.05) is 12.1 Å². The fraction of sp³-hybridized carbons (Fsp3) is 0.375. The van der Waals surface area contributed by atoms with Gasteiger partial charge >= 0.3 is 7.12 Å². The molecule has 1 fully saturated rings. The van der Waals surface area contributed by atoms with Crippen LogP contribution in [0.25, 0.3) is 5.69 Å². The van der Waals surface area contributed by atoms with E-state index in [1.807, 2.05) is 56.7 Å². The summed E-state index contributed by atoms with van der Waals surface area (Å²) in [5.41, 5.74) is 1.17. The minimum absolute atomic E-state index is 0.418. The van der Waals surface area contributed by atoms with Gasteiger partial charge in [0.05, 0.1) is 28.0 Å². The molecule has 0 saturated carbocycles. The number of benzene rings is 1. The molecular formula is C16H17BBrN3O2. The fourth-order valence-electron chi connectivity index (χ4n) is 2.40. The van der Waals surface area contributed by atoms with Crippen LogP contribution in [-0.2, 0) is 9.31 Å². The second-order valence-corrected chi connectivity index (χ2v) is 7.23. The van der Waals surface area contributed by atoms with Gasteiger partial charge in [-0.2, -0.15) is 5.26 Å². The van der Waals surface area contributed by atoms with Crippen molar-refractivity contribution < 1.29 is 9.31 Å². The van der Waals surface area contributed by atoms with Crippen molar-refractivity contribution in [2.75, 3.05) is 0 Å². The average molecular weight is 374 g/mol. The maximum absolute atomic E-state index is 9.28. The Morgan fingerprint density at radius 1 is 1.17 bits per heavy atom. The summed E-state index contributed by atoms with van der Waals surface area (Å²) in [5, 5.41) is 9.28. The van der Waals surface area contributed by atoms with Crippen molar-refractivity contribution in [1.82, 2.24) is 9.55 Å². The average Bonchev–Trinajstić information content (AvgIpc) is 2.96. The monoisotopic (exact) mass is 373 g/mol. The summed E-state index contributed by atoms with van der Waals surface area (Å²) >= 11 is 3.45. The van der Waals surface area contributed by atoms with Crippen LogP contribution >= 0.6 is 15.9 Å². The Balaban J connectivity index is 1.99. The molecule has 1 aromatic heterocycles. The number of para-hydroxylation sites is 1. The van der Waals surface area contributed by atoms with Crippen LogP contribution in [-0.4, -0.2) is 27.9 Å². The van der Waals surface area contributed by atoms with Crippen LogP contribution < -0.4 is 5.59 Å². The maximum atomic E-state index is 9.28. The minimum atomic E-state index is -0.535. The predicted molar refractivity (Wildman–Crippen MR) is 91.7 cm³/mol. The van der Waals surface area contributed by atoms with E-state index in [9.17, 15) is 5.26 Å². The highest BCUT2D eigenvalue weighted by Gasteiger charge is 2.52. The summed E-state index contributed by atoms with van der Waals surface area (Å²) in [5.74, 6) is 0. The third-order valence-corrected chi connectivity index (χ3v) is 5.02. The van der Waals surface area contributed by atoms with E-state index in [1.165, 1.54) is 0 Å². The van der Waals surface area contributed by atoms with Gasteiger partial charge in [0.15, 0.2) is 4.73 Å². The maximum Gasteiger partial charge on any atom is 0.516 e. The Labute approximate surface area is 144 Å². The number of hydrogen-bond acceptors (Lipinski definition) is 4. The third-order valence-electron chi connectivity index (χ3n) is 4.46. The molecule has 0 aliphatic carbocycles. The summed E-state index contributed by atoms with van der Waals surface area (Å²) in [6.45, 7) is 8.02. The molecule has 2 aromatic rings. The number of hydrogen-bond donors (Lipinski definition) is 0. The lowest BCUT2D eigenvalue weighted by Gasteiger charge is -2.32. The van der Waals surface area contributed by atoms with Crippen LogP contribution in [0.5, 0.6) is 0 Å². The molecule has 1 aliphatic rings. The predicted octanol–water partition coefficient (Wildman–Crippen LogP) is 2.81. The van der Waals surface area contributed by atoms with E-state index in [4.69, 9.17) is 9.31 Å². The molecule has 23 heavy (non-hydrogen) atoms. The lowest BCUT2D eigenvalue weighted by Crippen LogP contribution is -2.41. The number of nitrogens with zero attached hydrogens (tertiary/aromatic N) is 3. The van der Waals surface area contributed by atoms with Crippen molar-refractivity contribution in [2.45, 2.75) is 38.9 Å². The zero-order chi connectivity index (χ0) is 16.8. The molecule has 0 N–H and O–H groups in total. The van der Waals surface area contributed by atoms with E-state index >= 15 is 0 Å².